The monoisotopic (exact) mass is 355 g/mol. The maximum atomic E-state index is 12.5. The zero-order valence-electron chi connectivity index (χ0n) is 12.2. The highest BCUT2D eigenvalue weighted by atomic mass is 35.5. The average molecular weight is 356 g/mol. The molecule has 0 aliphatic heterocycles. The first kappa shape index (κ1) is 17.3. The number of nitro groups is 1. The molecule has 1 aromatic heterocycles. The second kappa shape index (κ2) is 7.03. The molecule has 0 bridgehead atoms. The molecule has 2 aromatic rings. The van der Waals surface area contributed by atoms with Gasteiger partial charge in [0.25, 0.3) is 5.69 Å². The molecular formula is C14H14ClN3O4S. The standard InChI is InChI=1S/C14H14ClN3O4S/c1-17(9-7-12-4-2-3-8-16-12)23(21,22)14-6-5-11(15)10-13(14)18(19)20/h2-6,8,10H,7,9H2,1H3. The van der Waals surface area contributed by atoms with E-state index in [0.717, 1.165) is 22.1 Å². The van der Waals surface area contributed by atoms with Crippen molar-refractivity contribution >= 4 is 27.3 Å². The maximum absolute atomic E-state index is 12.5. The fraction of sp³-hybridized carbons (Fsp3) is 0.214. The van der Waals surface area contributed by atoms with E-state index < -0.39 is 20.6 Å². The van der Waals surface area contributed by atoms with E-state index in [9.17, 15) is 18.5 Å². The summed E-state index contributed by atoms with van der Waals surface area (Å²) in [6.07, 6.45) is 2.02. The number of nitrogens with zero attached hydrogens (tertiary/aromatic N) is 3. The fourth-order valence-corrected chi connectivity index (χ4v) is 3.43. The van der Waals surface area contributed by atoms with Gasteiger partial charge in [-0.2, -0.15) is 0 Å². The van der Waals surface area contributed by atoms with Crippen LogP contribution in [0.3, 0.4) is 0 Å². The number of likely N-dealkylation sites (N-methyl/N-ethyl adjacent to an activating group) is 1. The molecule has 23 heavy (non-hydrogen) atoms. The molecular weight excluding hydrogens is 342 g/mol. The van der Waals surface area contributed by atoms with Crippen LogP contribution in [0.15, 0.2) is 47.5 Å². The quantitative estimate of drug-likeness (QED) is 0.586. The van der Waals surface area contributed by atoms with Crippen LogP contribution in [0.5, 0.6) is 0 Å². The van der Waals surface area contributed by atoms with Crippen LogP contribution < -0.4 is 0 Å². The maximum Gasteiger partial charge on any atom is 0.290 e. The van der Waals surface area contributed by atoms with E-state index in [4.69, 9.17) is 11.6 Å². The Kier molecular flexibility index (Phi) is 5.30. The summed E-state index contributed by atoms with van der Waals surface area (Å²) in [6, 6.07) is 8.84. The van der Waals surface area contributed by atoms with Crippen LogP contribution in [0.4, 0.5) is 5.69 Å². The van der Waals surface area contributed by atoms with E-state index in [-0.39, 0.29) is 16.5 Å². The zero-order valence-corrected chi connectivity index (χ0v) is 13.8. The van der Waals surface area contributed by atoms with Crippen LogP contribution >= 0.6 is 11.6 Å². The Balaban J connectivity index is 2.26. The number of nitro benzene ring substituents is 1. The normalized spacial score (nSPS) is 11.6. The second-order valence-corrected chi connectivity index (χ2v) is 7.22. The molecule has 0 N–H and O–H groups in total. The molecule has 1 heterocycles. The van der Waals surface area contributed by atoms with E-state index in [1.807, 2.05) is 0 Å². The van der Waals surface area contributed by atoms with E-state index in [2.05, 4.69) is 4.98 Å². The molecule has 0 radical (unpaired) electrons. The number of hydrogen-bond acceptors (Lipinski definition) is 5. The van der Waals surface area contributed by atoms with Gasteiger partial charge in [0, 0.05) is 43.0 Å². The summed E-state index contributed by atoms with van der Waals surface area (Å²) in [5, 5.41) is 11.2. The predicted octanol–water partition coefficient (Wildman–Crippen LogP) is 2.51. The first-order valence-corrected chi connectivity index (χ1v) is 8.44. The highest BCUT2D eigenvalue weighted by Crippen LogP contribution is 2.29. The molecule has 0 aliphatic carbocycles. The number of pyridine rings is 1. The fourth-order valence-electron chi connectivity index (χ4n) is 1.96. The minimum absolute atomic E-state index is 0.104. The number of aromatic nitrogens is 1. The van der Waals surface area contributed by atoms with Gasteiger partial charge in [0.05, 0.1) is 4.92 Å². The molecule has 2 rings (SSSR count). The van der Waals surface area contributed by atoms with Crippen LogP contribution in [0.1, 0.15) is 5.69 Å². The predicted molar refractivity (Wildman–Crippen MR) is 85.9 cm³/mol. The molecule has 0 aliphatic rings. The van der Waals surface area contributed by atoms with Gasteiger partial charge in [-0.05, 0) is 24.3 Å². The van der Waals surface area contributed by atoms with Crippen LogP contribution in [0.25, 0.3) is 0 Å². The molecule has 0 atom stereocenters. The Hall–Kier alpha value is -2.03. The Bertz CT molecular complexity index is 812. The number of sulfonamides is 1. The van der Waals surface area contributed by atoms with Gasteiger partial charge in [0.1, 0.15) is 0 Å². The average Bonchev–Trinajstić information content (AvgIpc) is 2.53. The minimum Gasteiger partial charge on any atom is -0.261 e. The van der Waals surface area contributed by atoms with Crippen molar-refractivity contribution in [2.75, 3.05) is 13.6 Å². The Morgan fingerprint density at radius 3 is 2.65 bits per heavy atom. The summed E-state index contributed by atoms with van der Waals surface area (Å²) in [5.74, 6) is 0. The zero-order chi connectivity index (χ0) is 17.0. The largest absolute Gasteiger partial charge is 0.290 e. The van der Waals surface area contributed by atoms with Gasteiger partial charge in [-0.15, -0.1) is 0 Å². The molecule has 9 heteroatoms. The van der Waals surface area contributed by atoms with Crippen LogP contribution in [0.2, 0.25) is 5.02 Å². The van der Waals surface area contributed by atoms with E-state index in [1.54, 1.807) is 24.4 Å². The molecule has 1 aromatic carbocycles. The molecule has 122 valence electrons. The van der Waals surface area contributed by atoms with E-state index in [1.165, 1.54) is 13.1 Å². The third-order valence-electron chi connectivity index (χ3n) is 3.21. The molecule has 0 saturated carbocycles. The van der Waals surface area contributed by atoms with Crippen molar-refractivity contribution in [3.05, 3.63) is 63.4 Å². The Morgan fingerprint density at radius 1 is 1.30 bits per heavy atom. The summed E-state index contributed by atoms with van der Waals surface area (Å²) < 4.78 is 26.2. The lowest BCUT2D eigenvalue weighted by molar-refractivity contribution is -0.387. The number of hydrogen-bond donors (Lipinski definition) is 0. The third-order valence-corrected chi connectivity index (χ3v) is 5.35. The minimum atomic E-state index is -4.00. The first-order valence-electron chi connectivity index (χ1n) is 6.62. The van der Waals surface area contributed by atoms with Crippen LogP contribution in [-0.4, -0.2) is 36.2 Å². The number of halogens is 1. The smallest absolute Gasteiger partial charge is 0.261 e. The van der Waals surface area contributed by atoms with Crippen molar-refractivity contribution in [3.63, 3.8) is 0 Å². The van der Waals surface area contributed by atoms with Crippen molar-refractivity contribution in [1.82, 2.24) is 9.29 Å². The lowest BCUT2D eigenvalue weighted by atomic mass is 10.3. The van der Waals surface area contributed by atoms with Gasteiger partial charge >= 0.3 is 0 Å². The Labute approximate surface area is 138 Å². The molecule has 0 fully saturated rings. The van der Waals surface area contributed by atoms with Gasteiger partial charge in [-0.1, -0.05) is 17.7 Å². The molecule has 7 nitrogen and oxygen atoms in total. The first-order chi connectivity index (χ1) is 10.8. The van der Waals surface area contributed by atoms with Gasteiger partial charge in [-0.3, -0.25) is 15.1 Å². The highest BCUT2D eigenvalue weighted by Gasteiger charge is 2.29. The van der Waals surface area contributed by atoms with Crippen molar-refractivity contribution in [3.8, 4) is 0 Å². The molecule has 0 unspecified atom stereocenters. The second-order valence-electron chi connectivity index (χ2n) is 4.77. The Morgan fingerprint density at radius 2 is 2.04 bits per heavy atom. The van der Waals surface area contributed by atoms with Gasteiger partial charge in [-0.25, -0.2) is 12.7 Å². The SMILES string of the molecule is CN(CCc1ccccn1)S(=O)(=O)c1ccc(Cl)cc1[N+](=O)[O-]. The third kappa shape index (κ3) is 4.04. The van der Waals surface area contributed by atoms with Gasteiger partial charge in [0.15, 0.2) is 4.90 Å². The number of rotatable bonds is 6. The van der Waals surface area contributed by atoms with Crippen LogP contribution in [0, 0.1) is 10.1 Å². The van der Waals surface area contributed by atoms with Crippen molar-refractivity contribution in [1.29, 1.82) is 0 Å². The summed E-state index contributed by atoms with van der Waals surface area (Å²) in [4.78, 5) is 14.1. The summed E-state index contributed by atoms with van der Waals surface area (Å²) in [5.41, 5.74) is 0.197. The van der Waals surface area contributed by atoms with Gasteiger partial charge in [0.2, 0.25) is 10.0 Å². The lowest BCUT2D eigenvalue weighted by Gasteiger charge is -2.17. The molecule has 0 spiro atoms. The van der Waals surface area contributed by atoms with E-state index in [0.29, 0.717) is 6.42 Å². The summed E-state index contributed by atoms with van der Waals surface area (Å²) in [7, 11) is -2.62. The van der Waals surface area contributed by atoms with E-state index >= 15 is 0 Å². The summed E-state index contributed by atoms with van der Waals surface area (Å²) in [6.45, 7) is 0.152. The lowest BCUT2D eigenvalue weighted by Crippen LogP contribution is -2.29. The van der Waals surface area contributed by atoms with Crippen molar-refractivity contribution in [2.24, 2.45) is 0 Å². The number of benzene rings is 1. The van der Waals surface area contributed by atoms with Crippen molar-refractivity contribution in [2.45, 2.75) is 11.3 Å². The highest BCUT2D eigenvalue weighted by molar-refractivity contribution is 7.89. The summed E-state index contributed by atoms with van der Waals surface area (Å²) >= 11 is 5.71. The molecule has 0 amide bonds. The topological polar surface area (TPSA) is 93.4 Å². The van der Waals surface area contributed by atoms with Gasteiger partial charge < -0.3 is 0 Å². The van der Waals surface area contributed by atoms with Crippen molar-refractivity contribution < 1.29 is 13.3 Å². The molecule has 0 saturated heterocycles. The van der Waals surface area contributed by atoms with Crippen LogP contribution in [-0.2, 0) is 16.4 Å².